The number of hydrogen-bond acceptors (Lipinski definition) is 2. The van der Waals surface area contributed by atoms with Gasteiger partial charge < -0.3 is 0 Å². The molecule has 2 aliphatic heterocycles. The van der Waals surface area contributed by atoms with E-state index in [9.17, 15) is 10.4 Å². The fourth-order valence-electron chi connectivity index (χ4n) is 4.81. The van der Waals surface area contributed by atoms with Crippen molar-refractivity contribution in [2.75, 3.05) is 0 Å². The molecule has 3 rings (SSSR count). The second-order valence-corrected chi connectivity index (χ2v) is 11.3. The Hall–Kier alpha value is -2.34. The molecule has 0 saturated heterocycles. The zero-order valence-electron chi connectivity index (χ0n) is 20.6. The predicted octanol–water partition coefficient (Wildman–Crippen LogP) is 5.46. The molecular weight excluding hydrogens is 396 g/mol. The van der Waals surface area contributed by atoms with Crippen molar-refractivity contribution in [2.45, 2.75) is 90.4 Å². The van der Waals surface area contributed by atoms with Gasteiger partial charge in [0, 0.05) is 46.2 Å². The standard InChI is InChI=1S/C28H34N2O2/c1-25(2)17-23(18-26(3,4)29(25)31)15-13-21-9-11-22(12-10-21)14-16-24-19-27(5,6)30(32)28(7,8)20-24/h9-12,17,19H,18,20H2,1-8H3. The maximum absolute atomic E-state index is 12.5. The molecule has 1 aromatic carbocycles. The van der Waals surface area contributed by atoms with E-state index in [0.29, 0.717) is 12.8 Å². The third-order valence-corrected chi connectivity index (χ3v) is 6.07. The van der Waals surface area contributed by atoms with Crippen LogP contribution in [0.5, 0.6) is 0 Å². The van der Waals surface area contributed by atoms with Gasteiger partial charge in [-0.25, -0.2) is 0 Å². The van der Waals surface area contributed by atoms with E-state index in [1.807, 2.05) is 91.8 Å². The Kier molecular flexibility index (Phi) is 6.24. The van der Waals surface area contributed by atoms with Crippen molar-refractivity contribution in [1.82, 2.24) is 10.1 Å². The molecule has 0 fully saturated rings. The summed E-state index contributed by atoms with van der Waals surface area (Å²) in [5.74, 6) is 13.0. The number of nitrogens with zero attached hydrogens (tertiary/aromatic N) is 2. The fourth-order valence-corrected chi connectivity index (χ4v) is 4.81. The van der Waals surface area contributed by atoms with E-state index in [-0.39, 0.29) is 0 Å². The van der Waals surface area contributed by atoms with E-state index >= 15 is 0 Å². The van der Waals surface area contributed by atoms with Crippen molar-refractivity contribution >= 4 is 0 Å². The summed E-state index contributed by atoms with van der Waals surface area (Å²) in [6.45, 7) is 15.5. The summed E-state index contributed by atoms with van der Waals surface area (Å²) in [7, 11) is 0. The van der Waals surface area contributed by atoms with Gasteiger partial charge in [0.05, 0.1) is 11.1 Å². The van der Waals surface area contributed by atoms with Gasteiger partial charge in [0.1, 0.15) is 0 Å². The van der Waals surface area contributed by atoms with Gasteiger partial charge >= 0.3 is 0 Å². The third-order valence-electron chi connectivity index (χ3n) is 6.07. The van der Waals surface area contributed by atoms with Crippen LogP contribution in [0.4, 0.5) is 0 Å². The lowest BCUT2D eigenvalue weighted by Crippen LogP contribution is -2.54. The van der Waals surface area contributed by atoms with Crippen LogP contribution in [-0.4, -0.2) is 32.3 Å². The summed E-state index contributed by atoms with van der Waals surface area (Å²) in [6, 6.07) is 7.89. The monoisotopic (exact) mass is 430 g/mol. The van der Waals surface area contributed by atoms with Crippen molar-refractivity contribution in [1.29, 1.82) is 0 Å². The molecule has 0 bridgehead atoms. The Morgan fingerprint density at radius 3 is 1.19 bits per heavy atom. The van der Waals surface area contributed by atoms with Crippen molar-refractivity contribution in [3.8, 4) is 23.7 Å². The van der Waals surface area contributed by atoms with Crippen molar-refractivity contribution in [2.24, 2.45) is 0 Å². The summed E-state index contributed by atoms with van der Waals surface area (Å²) in [6.07, 6.45) is 5.22. The molecule has 4 heteroatoms. The fraction of sp³-hybridized carbons (Fsp3) is 0.500. The van der Waals surface area contributed by atoms with Crippen LogP contribution >= 0.6 is 0 Å². The van der Waals surface area contributed by atoms with Crippen LogP contribution in [0.1, 0.15) is 79.4 Å². The average molecular weight is 431 g/mol. The van der Waals surface area contributed by atoms with Gasteiger partial charge in [0.2, 0.25) is 0 Å². The maximum Gasteiger partial charge on any atom is 0.0634 e. The molecular formula is C28H34N2O2. The lowest BCUT2D eigenvalue weighted by Gasteiger charge is -2.44. The Labute approximate surface area is 193 Å². The van der Waals surface area contributed by atoms with Gasteiger partial charge in [-0.15, -0.1) is 20.5 Å². The third kappa shape index (κ3) is 5.17. The van der Waals surface area contributed by atoms with Gasteiger partial charge in [-0.1, -0.05) is 35.8 Å². The molecule has 32 heavy (non-hydrogen) atoms. The van der Waals surface area contributed by atoms with Crippen LogP contribution < -0.4 is 0 Å². The van der Waals surface area contributed by atoms with Crippen LogP contribution in [0.25, 0.3) is 0 Å². The van der Waals surface area contributed by atoms with E-state index in [1.165, 1.54) is 0 Å². The molecule has 0 spiro atoms. The highest BCUT2D eigenvalue weighted by atomic mass is 16.5. The molecule has 2 heterocycles. The SMILES string of the molecule is CC1(C)C=C(C#Cc2ccc(C#CC3=CC(C)(C)N([O])C(C)(C)C3)cc2)CC(C)(C)N1[O]. The van der Waals surface area contributed by atoms with Crippen molar-refractivity contribution in [3.05, 3.63) is 58.7 Å². The molecule has 1 aromatic rings. The van der Waals surface area contributed by atoms with Crippen LogP contribution in [0.3, 0.4) is 0 Å². The second-order valence-electron chi connectivity index (χ2n) is 11.3. The summed E-state index contributed by atoms with van der Waals surface area (Å²) < 4.78 is 0. The molecule has 0 saturated carbocycles. The lowest BCUT2D eigenvalue weighted by molar-refractivity contribution is -0.262. The average Bonchev–Trinajstić information content (AvgIpc) is 2.67. The van der Waals surface area contributed by atoms with Crippen LogP contribution in [0, 0.1) is 23.7 Å². The maximum atomic E-state index is 12.5. The molecule has 0 unspecified atom stereocenters. The lowest BCUT2D eigenvalue weighted by atomic mass is 9.83. The smallest absolute Gasteiger partial charge is 0.0634 e. The first-order valence-electron chi connectivity index (χ1n) is 11.1. The molecule has 0 amide bonds. The van der Waals surface area contributed by atoms with Crippen molar-refractivity contribution < 1.29 is 10.4 Å². The molecule has 0 atom stereocenters. The minimum Gasteiger partial charge on any atom is -0.140 e. The van der Waals surface area contributed by atoms with E-state index in [2.05, 4.69) is 23.7 Å². The first kappa shape index (κ1) is 24.3. The highest BCUT2D eigenvalue weighted by molar-refractivity contribution is 5.48. The van der Waals surface area contributed by atoms with Gasteiger partial charge in [0.15, 0.2) is 0 Å². The minimum absolute atomic E-state index is 0.470. The highest BCUT2D eigenvalue weighted by Gasteiger charge is 2.42. The predicted molar refractivity (Wildman–Crippen MR) is 127 cm³/mol. The van der Waals surface area contributed by atoms with Crippen LogP contribution in [-0.2, 0) is 10.4 Å². The van der Waals surface area contributed by atoms with E-state index in [1.54, 1.807) is 0 Å². The number of hydroxylamine groups is 4. The summed E-state index contributed by atoms with van der Waals surface area (Å²) in [5, 5.41) is 27.3. The molecule has 0 N–H and O–H groups in total. The second kappa shape index (κ2) is 8.22. The summed E-state index contributed by atoms with van der Waals surface area (Å²) >= 11 is 0. The van der Waals surface area contributed by atoms with E-state index in [0.717, 1.165) is 32.4 Å². The highest BCUT2D eigenvalue weighted by Crippen LogP contribution is 2.36. The number of rotatable bonds is 0. The zero-order valence-corrected chi connectivity index (χ0v) is 20.6. The molecule has 2 radical (unpaired) electrons. The molecule has 0 aromatic heterocycles. The Bertz CT molecular complexity index is 977. The van der Waals surface area contributed by atoms with Crippen molar-refractivity contribution in [3.63, 3.8) is 0 Å². The minimum atomic E-state index is -0.564. The Balaban J connectivity index is 1.76. The van der Waals surface area contributed by atoms with E-state index < -0.39 is 22.2 Å². The summed E-state index contributed by atoms with van der Waals surface area (Å²) in [5.41, 5.74) is 1.76. The van der Waals surface area contributed by atoms with Crippen LogP contribution in [0.2, 0.25) is 0 Å². The first-order chi connectivity index (χ1) is 14.6. The number of benzene rings is 1. The van der Waals surface area contributed by atoms with Gasteiger partial charge in [0.25, 0.3) is 0 Å². The molecule has 2 aliphatic rings. The molecule has 4 nitrogen and oxygen atoms in total. The quantitative estimate of drug-likeness (QED) is 0.513. The Morgan fingerprint density at radius 1 is 0.594 bits per heavy atom. The Morgan fingerprint density at radius 2 is 0.906 bits per heavy atom. The van der Waals surface area contributed by atoms with Crippen LogP contribution in [0.15, 0.2) is 47.6 Å². The largest absolute Gasteiger partial charge is 0.140 e. The first-order valence-corrected chi connectivity index (χ1v) is 11.1. The molecule has 0 aliphatic carbocycles. The number of hydrogen-bond donors (Lipinski definition) is 0. The van der Waals surface area contributed by atoms with Gasteiger partial charge in [-0.3, -0.25) is 0 Å². The van der Waals surface area contributed by atoms with E-state index in [4.69, 9.17) is 0 Å². The summed E-state index contributed by atoms with van der Waals surface area (Å²) in [4.78, 5) is 0. The zero-order chi connectivity index (χ0) is 23.9. The van der Waals surface area contributed by atoms with Gasteiger partial charge in [-0.05, 0) is 79.7 Å². The normalized spacial score (nSPS) is 23.7. The topological polar surface area (TPSA) is 46.3 Å². The molecule has 168 valence electrons. The van der Waals surface area contributed by atoms with Gasteiger partial charge in [-0.2, -0.15) is 0 Å².